The van der Waals surface area contributed by atoms with Gasteiger partial charge in [0.2, 0.25) is 0 Å². The first-order valence-corrected chi connectivity index (χ1v) is 7.11. The van der Waals surface area contributed by atoms with Gasteiger partial charge >= 0.3 is 212 Å². The topological polar surface area (TPSA) is 112 Å². The van der Waals surface area contributed by atoms with Gasteiger partial charge in [-0.3, -0.25) is 9.11 Å². The summed E-state index contributed by atoms with van der Waals surface area (Å²) in [5, 5.41) is 7.57. The Morgan fingerprint density at radius 3 is 0.909 bits per heavy atom. The van der Waals surface area contributed by atoms with E-state index in [2.05, 4.69) is 0 Å². The van der Waals surface area contributed by atoms with Gasteiger partial charge in [-0.1, -0.05) is 0 Å². The van der Waals surface area contributed by atoms with Crippen LogP contribution < -0.4 is 154 Å². The summed E-state index contributed by atoms with van der Waals surface area (Å²) in [5.74, 6) is -52.8. The molecule has 0 bridgehead atoms. The van der Waals surface area contributed by atoms with Crippen molar-refractivity contribution in [3.63, 3.8) is 0 Å². The van der Waals surface area contributed by atoms with Gasteiger partial charge in [-0.05, 0) is 0 Å². The SMILES string of the molecule is O=C(O)C(F)(F)C(F)(F)C(F)(F)C(F)(F)C(F)(F)C(F)(F)C(F)(F)F.O=S(=O)(O)O.[H-].[H-].[H-].[K+].[K+].[K+]. The molecule has 0 aromatic carbocycles. The van der Waals surface area contributed by atoms with Gasteiger partial charge in [-0.25, -0.2) is 4.79 Å². The van der Waals surface area contributed by atoms with E-state index < -0.39 is 58.1 Å². The average Bonchev–Trinajstić information content (AvgIpc) is 2.42. The molecule has 0 aliphatic heterocycles. The first kappa shape index (κ1) is 46.1. The van der Waals surface area contributed by atoms with E-state index in [1.165, 1.54) is 0 Å². The molecule has 0 saturated heterocycles. The quantitative estimate of drug-likeness (QED) is 0.154. The second kappa shape index (κ2) is 14.0. The monoisotopic (exact) mass is 632 g/mol. The van der Waals surface area contributed by atoms with Crippen LogP contribution in [0, 0.1) is 0 Å². The van der Waals surface area contributed by atoms with Gasteiger partial charge in [0.05, 0.1) is 0 Å². The fourth-order valence-corrected chi connectivity index (χ4v) is 1.10. The van der Waals surface area contributed by atoms with Crippen LogP contribution in [-0.4, -0.2) is 70.3 Å². The van der Waals surface area contributed by atoms with Gasteiger partial charge in [0.25, 0.3) is 0 Å². The summed E-state index contributed by atoms with van der Waals surface area (Å²) in [6.07, 6.45) is -7.69. The molecular formula is C8H6F15K3O6S. The molecule has 188 valence electrons. The Kier molecular flexibility index (Phi) is 19.6. The third-order valence-electron chi connectivity index (χ3n) is 2.60. The Morgan fingerprint density at radius 2 is 0.727 bits per heavy atom. The third kappa shape index (κ3) is 9.71. The standard InChI is InChI=1S/C8HF15O2.3K.H2O4S.3H/c9-2(10,1(24)25)3(11,12)4(13,14)5(15,16)6(17,18)7(19,20)8(21,22)23;;;;1-5(2,3)4;;;/h(H,24,25);;;;(H2,1,2,3,4);;;/q;3*+1;;3*-1. The van der Waals surface area contributed by atoms with Crippen molar-refractivity contribution in [3.8, 4) is 0 Å². The van der Waals surface area contributed by atoms with E-state index in [1.54, 1.807) is 0 Å². The molecule has 0 aliphatic carbocycles. The average molecular weight is 632 g/mol. The van der Waals surface area contributed by atoms with Gasteiger partial charge in [-0.2, -0.15) is 74.3 Å². The summed E-state index contributed by atoms with van der Waals surface area (Å²) in [6, 6.07) is 0. The van der Waals surface area contributed by atoms with Gasteiger partial charge in [0, 0.05) is 0 Å². The Labute approximate surface area is 304 Å². The molecule has 0 radical (unpaired) electrons. The molecule has 6 nitrogen and oxygen atoms in total. The molecule has 0 aliphatic rings. The molecule has 0 fully saturated rings. The molecule has 0 amide bonds. The number of halogens is 15. The van der Waals surface area contributed by atoms with Crippen molar-refractivity contribution in [1.82, 2.24) is 0 Å². The zero-order valence-electron chi connectivity index (χ0n) is 18.6. The normalized spacial score (nSPS) is 14.0. The zero-order valence-corrected chi connectivity index (χ0v) is 25.8. The fraction of sp³-hybridized carbons (Fsp3) is 0.875. The Bertz CT molecular complexity index is 760. The first-order valence-electron chi connectivity index (χ1n) is 5.71. The summed E-state index contributed by atoms with van der Waals surface area (Å²) in [5.41, 5.74) is 0. The number of carbonyl (C=O) groups is 1. The van der Waals surface area contributed by atoms with Crippen LogP contribution in [-0.2, 0) is 15.2 Å². The van der Waals surface area contributed by atoms with Crippen LogP contribution in [0.2, 0.25) is 0 Å². The third-order valence-corrected chi connectivity index (χ3v) is 2.60. The van der Waals surface area contributed by atoms with Crippen LogP contribution in [0.4, 0.5) is 65.9 Å². The van der Waals surface area contributed by atoms with Crippen molar-refractivity contribution in [3.05, 3.63) is 0 Å². The van der Waals surface area contributed by atoms with Crippen molar-refractivity contribution >= 4 is 16.4 Å². The fourth-order valence-electron chi connectivity index (χ4n) is 1.10. The molecule has 3 N–H and O–H groups in total. The van der Waals surface area contributed by atoms with E-state index in [9.17, 15) is 70.7 Å². The number of hydrogen-bond donors (Lipinski definition) is 3. The second-order valence-electron chi connectivity index (χ2n) is 4.70. The van der Waals surface area contributed by atoms with E-state index in [-0.39, 0.29) is 158 Å². The Balaban J connectivity index is -0.000000108. The molecule has 0 rings (SSSR count). The van der Waals surface area contributed by atoms with Crippen LogP contribution in [0.5, 0.6) is 0 Å². The van der Waals surface area contributed by atoms with Crippen LogP contribution in [0.3, 0.4) is 0 Å². The summed E-state index contributed by atoms with van der Waals surface area (Å²) in [7, 11) is -4.67. The molecular weight excluding hydrogens is 626 g/mol. The maximum absolute atomic E-state index is 12.8. The molecule has 25 heteroatoms. The summed E-state index contributed by atoms with van der Waals surface area (Å²) < 4.78 is 218. The number of rotatable bonds is 6. The van der Waals surface area contributed by atoms with E-state index in [4.69, 9.17) is 22.6 Å². The molecule has 0 heterocycles. The van der Waals surface area contributed by atoms with Crippen LogP contribution in [0.1, 0.15) is 4.28 Å². The number of aliphatic carboxylic acids is 1. The van der Waals surface area contributed by atoms with E-state index in [0.717, 1.165) is 0 Å². The number of alkyl halides is 15. The molecule has 0 atom stereocenters. The van der Waals surface area contributed by atoms with E-state index >= 15 is 0 Å². The molecule has 0 aromatic heterocycles. The zero-order chi connectivity index (χ0) is 25.6. The molecule has 0 saturated carbocycles. The van der Waals surface area contributed by atoms with Gasteiger partial charge in [-0.15, -0.1) is 0 Å². The minimum Gasteiger partial charge on any atom is -1.00 e. The predicted molar refractivity (Wildman–Crippen MR) is 60.9 cm³/mol. The second-order valence-corrected chi connectivity index (χ2v) is 5.59. The Hall–Kier alpha value is 3.20. The van der Waals surface area contributed by atoms with Crippen LogP contribution >= 0.6 is 0 Å². The molecule has 0 spiro atoms. The van der Waals surface area contributed by atoms with E-state index in [1.807, 2.05) is 0 Å². The number of carboxylic acids is 1. The van der Waals surface area contributed by atoms with Gasteiger partial charge < -0.3 is 9.39 Å². The van der Waals surface area contributed by atoms with Crippen LogP contribution in [0.15, 0.2) is 0 Å². The predicted octanol–water partition coefficient (Wildman–Crippen LogP) is -4.86. The van der Waals surface area contributed by atoms with Crippen LogP contribution in [0.25, 0.3) is 0 Å². The summed E-state index contributed by atoms with van der Waals surface area (Å²) in [6.45, 7) is 0. The first-order chi connectivity index (χ1) is 12.4. The van der Waals surface area contributed by atoms with Crippen molar-refractivity contribution in [1.29, 1.82) is 0 Å². The number of carboxylic acid groups (broad SMARTS) is 1. The van der Waals surface area contributed by atoms with Gasteiger partial charge in [0.15, 0.2) is 0 Å². The molecule has 33 heavy (non-hydrogen) atoms. The summed E-state index contributed by atoms with van der Waals surface area (Å²) >= 11 is 0. The molecule has 0 unspecified atom stereocenters. The van der Waals surface area contributed by atoms with Crippen molar-refractivity contribution in [2.45, 2.75) is 41.7 Å². The van der Waals surface area contributed by atoms with E-state index in [0.29, 0.717) is 0 Å². The maximum Gasteiger partial charge on any atom is 1.00 e. The van der Waals surface area contributed by atoms with Gasteiger partial charge in [0.1, 0.15) is 0 Å². The minimum absolute atomic E-state index is 0. The van der Waals surface area contributed by atoms with Crippen molar-refractivity contribution in [2.75, 3.05) is 0 Å². The van der Waals surface area contributed by atoms with Crippen molar-refractivity contribution < 1.29 is 252 Å². The maximum atomic E-state index is 12.8. The summed E-state index contributed by atoms with van der Waals surface area (Å²) in [4.78, 5) is 9.72. The Morgan fingerprint density at radius 1 is 0.545 bits per heavy atom. The molecule has 0 aromatic rings. The number of hydrogen-bond acceptors (Lipinski definition) is 3. The smallest absolute Gasteiger partial charge is 1.00 e. The largest absolute Gasteiger partial charge is 1.00 e. The van der Waals surface area contributed by atoms with Crippen molar-refractivity contribution in [2.24, 2.45) is 0 Å². The minimum atomic E-state index is -8.47.